The number of nitrogens with zero attached hydrogens (tertiary/aromatic N) is 5. The summed E-state index contributed by atoms with van der Waals surface area (Å²) < 4.78 is 0. The number of anilines is 1. The molecule has 0 aliphatic heterocycles. The SMILES string of the molecule is C=CCCCC(=O)Nc1ccc(-c2nnc(C)nn2)nc1. The van der Waals surface area contributed by atoms with E-state index in [-0.39, 0.29) is 5.91 Å². The quantitative estimate of drug-likeness (QED) is 0.643. The molecule has 2 aromatic rings. The highest BCUT2D eigenvalue weighted by molar-refractivity contribution is 5.90. The van der Waals surface area contributed by atoms with Gasteiger partial charge in [-0.3, -0.25) is 9.78 Å². The van der Waals surface area contributed by atoms with E-state index in [1.807, 2.05) is 0 Å². The van der Waals surface area contributed by atoms with Crippen molar-refractivity contribution in [3.8, 4) is 11.5 Å². The first-order valence-electron chi connectivity index (χ1n) is 6.60. The molecule has 0 unspecified atom stereocenters. The second-order valence-electron chi connectivity index (χ2n) is 4.43. The molecule has 0 bridgehead atoms. The Bertz CT molecular complexity index is 608. The number of nitrogens with one attached hydrogen (secondary N) is 1. The maximum Gasteiger partial charge on any atom is 0.224 e. The third-order valence-corrected chi connectivity index (χ3v) is 2.67. The lowest BCUT2D eigenvalue weighted by atomic mass is 10.2. The van der Waals surface area contributed by atoms with Crippen LogP contribution in [-0.2, 0) is 4.79 Å². The summed E-state index contributed by atoms with van der Waals surface area (Å²) in [5, 5.41) is 18.2. The average molecular weight is 284 g/mol. The van der Waals surface area contributed by atoms with E-state index in [2.05, 4.69) is 37.3 Å². The Morgan fingerprint density at radius 1 is 1.29 bits per heavy atom. The maximum atomic E-state index is 11.7. The number of pyridine rings is 1. The summed E-state index contributed by atoms with van der Waals surface area (Å²) in [6.07, 6.45) is 5.44. The molecule has 1 N–H and O–H groups in total. The lowest BCUT2D eigenvalue weighted by Crippen LogP contribution is -2.11. The molecule has 0 saturated heterocycles. The molecular weight excluding hydrogens is 268 g/mol. The Morgan fingerprint density at radius 3 is 2.67 bits per heavy atom. The molecule has 0 atom stereocenters. The standard InChI is InChI=1S/C14H16N6O/c1-3-4-5-6-13(21)16-11-7-8-12(15-9-11)14-19-17-10(2)18-20-14/h3,7-9H,1,4-6H2,2H3,(H,16,21). The molecule has 2 aromatic heterocycles. The number of unbranched alkanes of at least 4 members (excludes halogenated alkanes) is 1. The minimum Gasteiger partial charge on any atom is -0.325 e. The van der Waals surface area contributed by atoms with E-state index in [9.17, 15) is 4.79 Å². The monoisotopic (exact) mass is 284 g/mol. The van der Waals surface area contributed by atoms with Crippen LogP contribution in [0.15, 0.2) is 31.0 Å². The van der Waals surface area contributed by atoms with Crippen molar-refractivity contribution in [2.24, 2.45) is 0 Å². The summed E-state index contributed by atoms with van der Waals surface area (Å²) in [6.45, 7) is 5.33. The molecule has 108 valence electrons. The average Bonchev–Trinajstić information content (AvgIpc) is 2.49. The number of hydrogen-bond acceptors (Lipinski definition) is 6. The summed E-state index contributed by atoms with van der Waals surface area (Å²) >= 11 is 0. The Hall–Kier alpha value is -2.70. The number of rotatable bonds is 6. The first-order valence-corrected chi connectivity index (χ1v) is 6.60. The minimum absolute atomic E-state index is 0.0404. The topological polar surface area (TPSA) is 93.6 Å². The van der Waals surface area contributed by atoms with Crippen molar-refractivity contribution in [3.63, 3.8) is 0 Å². The van der Waals surface area contributed by atoms with Gasteiger partial charge < -0.3 is 5.32 Å². The minimum atomic E-state index is -0.0404. The van der Waals surface area contributed by atoms with Crippen LogP contribution < -0.4 is 5.32 Å². The predicted molar refractivity (Wildman–Crippen MR) is 78.3 cm³/mol. The van der Waals surface area contributed by atoms with Gasteiger partial charge in [0.25, 0.3) is 0 Å². The highest BCUT2D eigenvalue weighted by atomic mass is 16.1. The van der Waals surface area contributed by atoms with Gasteiger partial charge in [0, 0.05) is 6.42 Å². The summed E-state index contributed by atoms with van der Waals surface area (Å²) in [5.74, 6) is 0.813. The van der Waals surface area contributed by atoms with Gasteiger partial charge in [-0.2, -0.15) is 0 Å². The molecular formula is C14H16N6O. The van der Waals surface area contributed by atoms with Crippen LogP contribution in [0.25, 0.3) is 11.5 Å². The smallest absolute Gasteiger partial charge is 0.224 e. The van der Waals surface area contributed by atoms with Gasteiger partial charge in [-0.25, -0.2) is 0 Å². The Labute approximate surface area is 122 Å². The van der Waals surface area contributed by atoms with Crippen molar-refractivity contribution in [3.05, 3.63) is 36.8 Å². The van der Waals surface area contributed by atoms with Crippen LogP contribution in [0.1, 0.15) is 25.1 Å². The Kier molecular flexibility index (Phi) is 5.03. The molecule has 7 nitrogen and oxygen atoms in total. The van der Waals surface area contributed by atoms with Crippen molar-refractivity contribution in [2.75, 3.05) is 5.32 Å². The Morgan fingerprint density at radius 2 is 2.05 bits per heavy atom. The molecule has 0 fully saturated rings. The van der Waals surface area contributed by atoms with Crippen LogP contribution in [0, 0.1) is 6.92 Å². The lowest BCUT2D eigenvalue weighted by Gasteiger charge is -2.05. The van der Waals surface area contributed by atoms with Gasteiger partial charge in [0.2, 0.25) is 11.7 Å². The van der Waals surface area contributed by atoms with Crippen LogP contribution in [0.2, 0.25) is 0 Å². The fourth-order valence-electron chi connectivity index (χ4n) is 1.61. The number of aryl methyl sites for hydroxylation is 1. The summed E-state index contributed by atoms with van der Waals surface area (Å²) in [7, 11) is 0. The molecule has 2 rings (SSSR count). The van der Waals surface area contributed by atoms with Gasteiger partial charge in [0.15, 0.2) is 5.82 Å². The van der Waals surface area contributed by atoms with Crippen molar-refractivity contribution in [1.82, 2.24) is 25.4 Å². The summed E-state index contributed by atoms with van der Waals surface area (Å²) in [5.41, 5.74) is 1.19. The van der Waals surface area contributed by atoms with E-state index in [1.165, 1.54) is 0 Å². The molecule has 0 spiro atoms. The van der Waals surface area contributed by atoms with E-state index in [1.54, 1.807) is 31.3 Å². The molecule has 0 aromatic carbocycles. The zero-order valence-corrected chi connectivity index (χ0v) is 11.8. The van der Waals surface area contributed by atoms with E-state index in [4.69, 9.17) is 0 Å². The molecule has 7 heteroatoms. The molecule has 2 heterocycles. The van der Waals surface area contributed by atoms with E-state index >= 15 is 0 Å². The third kappa shape index (κ3) is 4.41. The van der Waals surface area contributed by atoms with Crippen LogP contribution in [0.3, 0.4) is 0 Å². The van der Waals surface area contributed by atoms with Crippen molar-refractivity contribution < 1.29 is 4.79 Å². The summed E-state index contributed by atoms with van der Waals surface area (Å²) in [6, 6.07) is 3.46. The van der Waals surface area contributed by atoms with E-state index in [0.717, 1.165) is 12.8 Å². The van der Waals surface area contributed by atoms with Gasteiger partial charge in [0.1, 0.15) is 5.69 Å². The van der Waals surface area contributed by atoms with Gasteiger partial charge in [-0.1, -0.05) is 6.08 Å². The van der Waals surface area contributed by atoms with Crippen molar-refractivity contribution >= 4 is 11.6 Å². The van der Waals surface area contributed by atoms with E-state index in [0.29, 0.717) is 29.5 Å². The highest BCUT2D eigenvalue weighted by Gasteiger charge is 2.06. The van der Waals surface area contributed by atoms with Crippen molar-refractivity contribution in [2.45, 2.75) is 26.2 Å². The fourth-order valence-corrected chi connectivity index (χ4v) is 1.61. The zero-order chi connectivity index (χ0) is 15.1. The Balaban J connectivity index is 1.97. The van der Waals surface area contributed by atoms with Crippen LogP contribution in [-0.4, -0.2) is 31.3 Å². The van der Waals surface area contributed by atoms with Gasteiger partial charge in [0.05, 0.1) is 11.9 Å². The first-order chi connectivity index (χ1) is 10.2. The molecule has 21 heavy (non-hydrogen) atoms. The molecule has 0 aliphatic carbocycles. The van der Waals surface area contributed by atoms with Gasteiger partial charge in [-0.05, 0) is 31.9 Å². The predicted octanol–water partition coefficient (Wildman–Crippen LogP) is 1.93. The fraction of sp³-hybridized carbons (Fsp3) is 0.286. The maximum absolute atomic E-state index is 11.7. The number of carbonyl (C=O) groups excluding carboxylic acids is 1. The molecule has 0 aliphatic rings. The van der Waals surface area contributed by atoms with Gasteiger partial charge >= 0.3 is 0 Å². The second kappa shape index (κ2) is 7.18. The van der Waals surface area contributed by atoms with Gasteiger partial charge in [-0.15, -0.1) is 27.0 Å². The third-order valence-electron chi connectivity index (χ3n) is 2.67. The number of amides is 1. The molecule has 1 amide bonds. The van der Waals surface area contributed by atoms with Crippen LogP contribution in [0.5, 0.6) is 0 Å². The normalized spacial score (nSPS) is 10.1. The number of hydrogen-bond donors (Lipinski definition) is 1. The first kappa shape index (κ1) is 14.7. The number of allylic oxidation sites excluding steroid dienone is 1. The zero-order valence-electron chi connectivity index (χ0n) is 11.8. The van der Waals surface area contributed by atoms with Crippen LogP contribution >= 0.6 is 0 Å². The lowest BCUT2D eigenvalue weighted by molar-refractivity contribution is -0.116. The highest BCUT2D eigenvalue weighted by Crippen LogP contribution is 2.13. The molecule has 0 saturated carbocycles. The van der Waals surface area contributed by atoms with Crippen LogP contribution in [0.4, 0.5) is 5.69 Å². The molecule has 0 radical (unpaired) electrons. The number of aromatic nitrogens is 5. The number of carbonyl (C=O) groups is 1. The second-order valence-corrected chi connectivity index (χ2v) is 4.43. The van der Waals surface area contributed by atoms with E-state index < -0.39 is 0 Å². The summed E-state index contributed by atoms with van der Waals surface area (Å²) in [4.78, 5) is 15.9. The van der Waals surface area contributed by atoms with Crippen molar-refractivity contribution in [1.29, 1.82) is 0 Å². The largest absolute Gasteiger partial charge is 0.325 e.